The fourth-order valence-electron chi connectivity index (χ4n) is 2.61. The zero-order chi connectivity index (χ0) is 19.1. The SMILES string of the molecule is CC(OC(=O)CN1CCCCCC1=O)C(=O)Nc1ccc(C(N)=O)cc1. The second-order valence-corrected chi connectivity index (χ2v) is 6.19. The highest BCUT2D eigenvalue weighted by molar-refractivity contribution is 5.97. The van der Waals surface area contributed by atoms with Crippen molar-refractivity contribution in [1.29, 1.82) is 0 Å². The molecule has 26 heavy (non-hydrogen) atoms. The molecule has 1 fully saturated rings. The standard InChI is InChI=1S/C18H23N3O5/c1-12(18(25)20-14-8-6-13(7-9-14)17(19)24)26-16(23)11-21-10-4-2-3-5-15(21)22/h6-9,12H,2-5,10-11H2,1H3,(H2,19,24)(H,20,25). The van der Waals surface area contributed by atoms with E-state index in [9.17, 15) is 19.2 Å². The van der Waals surface area contributed by atoms with E-state index in [4.69, 9.17) is 10.5 Å². The summed E-state index contributed by atoms with van der Waals surface area (Å²) >= 11 is 0. The number of hydrogen-bond acceptors (Lipinski definition) is 5. The van der Waals surface area contributed by atoms with Crippen LogP contribution in [0.3, 0.4) is 0 Å². The quantitative estimate of drug-likeness (QED) is 0.734. The molecule has 3 N–H and O–H groups in total. The molecular formula is C18H23N3O5. The Morgan fingerprint density at radius 2 is 1.88 bits per heavy atom. The van der Waals surface area contributed by atoms with Gasteiger partial charge in [-0.25, -0.2) is 0 Å². The second kappa shape index (κ2) is 8.98. The lowest BCUT2D eigenvalue weighted by atomic mass is 10.2. The van der Waals surface area contributed by atoms with Gasteiger partial charge in [0.2, 0.25) is 11.8 Å². The largest absolute Gasteiger partial charge is 0.451 e. The summed E-state index contributed by atoms with van der Waals surface area (Å²) in [5.74, 6) is -1.75. The van der Waals surface area contributed by atoms with Gasteiger partial charge in [-0.15, -0.1) is 0 Å². The number of likely N-dealkylation sites (tertiary alicyclic amines) is 1. The fraction of sp³-hybridized carbons (Fsp3) is 0.444. The molecular weight excluding hydrogens is 338 g/mol. The molecule has 0 radical (unpaired) electrons. The molecule has 1 aromatic rings. The van der Waals surface area contributed by atoms with Crippen LogP contribution in [0.5, 0.6) is 0 Å². The molecule has 140 valence electrons. The summed E-state index contributed by atoms with van der Waals surface area (Å²) in [5.41, 5.74) is 5.93. The first-order valence-corrected chi connectivity index (χ1v) is 8.55. The lowest BCUT2D eigenvalue weighted by Crippen LogP contribution is -2.38. The molecule has 2 rings (SSSR count). The molecule has 0 aliphatic carbocycles. The normalized spacial score (nSPS) is 15.7. The Balaban J connectivity index is 1.84. The van der Waals surface area contributed by atoms with E-state index in [1.807, 2.05) is 0 Å². The fourth-order valence-corrected chi connectivity index (χ4v) is 2.61. The van der Waals surface area contributed by atoms with Crippen molar-refractivity contribution in [3.05, 3.63) is 29.8 Å². The molecule has 1 saturated heterocycles. The van der Waals surface area contributed by atoms with Gasteiger partial charge in [-0.05, 0) is 44.0 Å². The average Bonchev–Trinajstić information content (AvgIpc) is 2.79. The van der Waals surface area contributed by atoms with Crippen LogP contribution in [0, 0.1) is 0 Å². The Morgan fingerprint density at radius 1 is 1.19 bits per heavy atom. The maximum absolute atomic E-state index is 12.1. The molecule has 1 aliphatic heterocycles. The number of nitrogens with zero attached hydrogens (tertiary/aromatic N) is 1. The van der Waals surface area contributed by atoms with Gasteiger partial charge in [0, 0.05) is 24.2 Å². The van der Waals surface area contributed by atoms with Crippen molar-refractivity contribution in [2.24, 2.45) is 5.73 Å². The number of benzene rings is 1. The maximum atomic E-state index is 12.1. The summed E-state index contributed by atoms with van der Waals surface area (Å²) in [6.45, 7) is 1.83. The summed E-state index contributed by atoms with van der Waals surface area (Å²) in [6, 6.07) is 6.03. The van der Waals surface area contributed by atoms with Crippen LogP contribution in [0.2, 0.25) is 0 Å². The summed E-state index contributed by atoms with van der Waals surface area (Å²) in [7, 11) is 0. The first-order chi connectivity index (χ1) is 12.4. The van der Waals surface area contributed by atoms with Crippen molar-refractivity contribution in [2.75, 3.05) is 18.4 Å². The lowest BCUT2D eigenvalue weighted by Gasteiger charge is -2.20. The molecule has 8 nitrogen and oxygen atoms in total. The summed E-state index contributed by atoms with van der Waals surface area (Å²) in [5, 5.41) is 2.59. The van der Waals surface area contributed by atoms with Gasteiger partial charge in [0.1, 0.15) is 6.54 Å². The predicted octanol–water partition coefficient (Wildman–Crippen LogP) is 1.06. The minimum Gasteiger partial charge on any atom is -0.451 e. The van der Waals surface area contributed by atoms with Gasteiger partial charge in [0.15, 0.2) is 6.10 Å². The van der Waals surface area contributed by atoms with E-state index in [1.54, 1.807) is 0 Å². The molecule has 1 aliphatic rings. The van der Waals surface area contributed by atoms with Gasteiger partial charge in [-0.2, -0.15) is 0 Å². The lowest BCUT2D eigenvalue weighted by molar-refractivity contribution is -0.156. The molecule has 1 atom stereocenters. The number of nitrogens with one attached hydrogen (secondary N) is 1. The maximum Gasteiger partial charge on any atom is 0.326 e. The van der Waals surface area contributed by atoms with Crippen LogP contribution >= 0.6 is 0 Å². The number of carbonyl (C=O) groups excluding carboxylic acids is 4. The van der Waals surface area contributed by atoms with Crippen molar-refractivity contribution in [2.45, 2.75) is 38.7 Å². The minimum atomic E-state index is -1.01. The molecule has 8 heteroatoms. The molecule has 0 saturated carbocycles. The van der Waals surface area contributed by atoms with Crippen molar-refractivity contribution in [1.82, 2.24) is 4.90 Å². The first-order valence-electron chi connectivity index (χ1n) is 8.55. The highest BCUT2D eigenvalue weighted by atomic mass is 16.5. The van der Waals surface area contributed by atoms with Crippen LogP contribution in [-0.4, -0.2) is 47.8 Å². The first kappa shape index (κ1) is 19.4. The topological polar surface area (TPSA) is 119 Å². The molecule has 3 amide bonds. The molecule has 0 bridgehead atoms. The summed E-state index contributed by atoms with van der Waals surface area (Å²) < 4.78 is 5.12. The number of ether oxygens (including phenoxy) is 1. The van der Waals surface area contributed by atoms with Crippen molar-refractivity contribution >= 4 is 29.4 Å². The number of hydrogen-bond donors (Lipinski definition) is 2. The number of nitrogens with two attached hydrogens (primary N) is 1. The highest BCUT2D eigenvalue weighted by Gasteiger charge is 2.23. The molecule has 1 unspecified atom stereocenters. The number of rotatable bonds is 6. The third-order valence-electron chi connectivity index (χ3n) is 4.11. The third-order valence-corrected chi connectivity index (χ3v) is 4.11. The Labute approximate surface area is 151 Å². The van der Waals surface area contributed by atoms with Gasteiger partial charge in [-0.3, -0.25) is 19.2 Å². The van der Waals surface area contributed by atoms with E-state index in [2.05, 4.69) is 5.32 Å². The Bertz CT molecular complexity index is 687. The van der Waals surface area contributed by atoms with E-state index in [0.29, 0.717) is 24.2 Å². The van der Waals surface area contributed by atoms with Crippen molar-refractivity contribution in [3.63, 3.8) is 0 Å². The van der Waals surface area contributed by atoms with Gasteiger partial charge >= 0.3 is 5.97 Å². The number of carbonyl (C=O) groups is 4. The van der Waals surface area contributed by atoms with Gasteiger partial charge in [0.05, 0.1) is 0 Å². The Hall–Kier alpha value is -2.90. The van der Waals surface area contributed by atoms with E-state index in [0.717, 1.165) is 19.3 Å². The van der Waals surface area contributed by atoms with Crippen LogP contribution in [-0.2, 0) is 19.1 Å². The predicted molar refractivity (Wildman–Crippen MR) is 94.2 cm³/mol. The molecule has 0 aromatic heterocycles. The Morgan fingerprint density at radius 3 is 2.54 bits per heavy atom. The zero-order valence-electron chi connectivity index (χ0n) is 14.7. The van der Waals surface area contributed by atoms with E-state index < -0.39 is 23.9 Å². The number of anilines is 1. The molecule has 1 aromatic carbocycles. The van der Waals surface area contributed by atoms with Crippen LogP contribution in [0.1, 0.15) is 43.0 Å². The third kappa shape index (κ3) is 5.58. The number of primary amides is 1. The van der Waals surface area contributed by atoms with Gasteiger partial charge in [-0.1, -0.05) is 6.42 Å². The van der Waals surface area contributed by atoms with Crippen molar-refractivity contribution in [3.8, 4) is 0 Å². The zero-order valence-corrected chi connectivity index (χ0v) is 14.7. The smallest absolute Gasteiger partial charge is 0.326 e. The van der Waals surface area contributed by atoms with Crippen molar-refractivity contribution < 1.29 is 23.9 Å². The Kier molecular flexibility index (Phi) is 6.71. The van der Waals surface area contributed by atoms with E-state index in [1.165, 1.54) is 36.1 Å². The number of amides is 3. The van der Waals surface area contributed by atoms with E-state index >= 15 is 0 Å². The van der Waals surface area contributed by atoms with Gasteiger partial charge < -0.3 is 20.7 Å². The second-order valence-electron chi connectivity index (χ2n) is 6.19. The highest BCUT2D eigenvalue weighted by Crippen LogP contribution is 2.12. The monoisotopic (exact) mass is 361 g/mol. The molecule has 1 heterocycles. The minimum absolute atomic E-state index is 0.0638. The number of esters is 1. The van der Waals surface area contributed by atoms with E-state index in [-0.39, 0.29) is 12.5 Å². The summed E-state index contributed by atoms with van der Waals surface area (Å²) in [4.78, 5) is 48.5. The van der Waals surface area contributed by atoms with Crippen LogP contribution < -0.4 is 11.1 Å². The van der Waals surface area contributed by atoms with Crippen LogP contribution in [0.15, 0.2) is 24.3 Å². The van der Waals surface area contributed by atoms with Gasteiger partial charge in [0.25, 0.3) is 5.91 Å². The summed E-state index contributed by atoms with van der Waals surface area (Å²) in [6.07, 6.45) is 2.07. The van der Waals surface area contributed by atoms with Crippen LogP contribution in [0.4, 0.5) is 5.69 Å². The average molecular weight is 361 g/mol. The molecule has 0 spiro atoms. The van der Waals surface area contributed by atoms with Crippen LogP contribution in [0.25, 0.3) is 0 Å².